The van der Waals surface area contributed by atoms with E-state index >= 15 is 0 Å². The normalized spacial score (nSPS) is 23.1. The summed E-state index contributed by atoms with van der Waals surface area (Å²) in [7, 11) is 0. The molecule has 0 saturated carbocycles. The molecule has 1 fully saturated rings. The lowest BCUT2D eigenvalue weighted by Gasteiger charge is -2.22. The van der Waals surface area contributed by atoms with Crippen molar-refractivity contribution in [2.75, 3.05) is 18.0 Å². The molecule has 96 valence electrons. The van der Waals surface area contributed by atoms with E-state index in [1.807, 2.05) is 11.8 Å². The molecule has 4 N–H and O–H groups in total. The third-order valence-corrected chi connectivity index (χ3v) is 3.55. The molecule has 1 aliphatic heterocycles. The highest BCUT2D eigenvalue weighted by Gasteiger charge is 2.40. The van der Waals surface area contributed by atoms with Crippen molar-refractivity contribution in [3.05, 3.63) is 17.8 Å². The maximum absolute atomic E-state index is 11.4. The second kappa shape index (κ2) is 4.49. The molecule has 18 heavy (non-hydrogen) atoms. The molecule has 7 heteroatoms. The van der Waals surface area contributed by atoms with Crippen LogP contribution in [0.2, 0.25) is 0 Å². The molecule has 6 nitrogen and oxygen atoms in total. The van der Waals surface area contributed by atoms with Crippen LogP contribution >= 0.6 is 12.2 Å². The fraction of sp³-hybridized carbons (Fsp3) is 0.455. The Morgan fingerprint density at radius 2 is 2.28 bits per heavy atom. The fourth-order valence-electron chi connectivity index (χ4n) is 2.09. The molecular weight excluding hydrogens is 250 g/mol. The summed E-state index contributed by atoms with van der Waals surface area (Å²) in [4.78, 5) is 13.6. The molecular formula is C11H15N5OS. The summed E-state index contributed by atoms with van der Waals surface area (Å²) in [5, 5.41) is 7.91. The van der Waals surface area contributed by atoms with Crippen molar-refractivity contribution in [2.24, 2.45) is 16.9 Å². The van der Waals surface area contributed by atoms with Crippen LogP contribution in [0.15, 0.2) is 12.3 Å². The highest BCUT2D eigenvalue weighted by atomic mass is 32.1. The van der Waals surface area contributed by atoms with Gasteiger partial charge in [-0.1, -0.05) is 12.2 Å². The molecule has 0 radical (unpaired) electrons. The SMILES string of the molecule is CC1(C(N)=O)CCN(c2nnccc2C(N)=S)C1. The Morgan fingerprint density at radius 1 is 1.56 bits per heavy atom. The van der Waals surface area contributed by atoms with Crippen LogP contribution in [0.25, 0.3) is 0 Å². The minimum Gasteiger partial charge on any atom is -0.389 e. The summed E-state index contributed by atoms with van der Waals surface area (Å²) >= 11 is 4.99. The highest BCUT2D eigenvalue weighted by molar-refractivity contribution is 7.80. The predicted molar refractivity (Wildman–Crippen MR) is 72.1 cm³/mol. The number of aromatic nitrogens is 2. The van der Waals surface area contributed by atoms with Crippen LogP contribution in [0, 0.1) is 5.41 Å². The third-order valence-electron chi connectivity index (χ3n) is 3.33. The van der Waals surface area contributed by atoms with Crippen molar-refractivity contribution in [2.45, 2.75) is 13.3 Å². The Balaban J connectivity index is 2.30. The Labute approximate surface area is 110 Å². The summed E-state index contributed by atoms with van der Waals surface area (Å²) in [6.45, 7) is 3.05. The number of hydrogen-bond acceptors (Lipinski definition) is 5. The van der Waals surface area contributed by atoms with Gasteiger partial charge in [0, 0.05) is 13.1 Å². The molecule has 2 rings (SSSR count). The van der Waals surface area contributed by atoms with Gasteiger partial charge in [0.2, 0.25) is 5.91 Å². The van der Waals surface area contributed by atoms with Gasteiger partial charge in [-0.3, -0.25) is 4.79 Å². The summed E-state index contributed by atoms with van der Waals surface area (Å²) in [6, 6.07) is 1.73. The van der Waals surface area contributed by atoms with Crippen molar-refractivity contribution in [3.63, 3.8) is 0 Å². The monoisotopic (exact) mass is 265 g/mol. The van der Waals surface area contributed by atoms with E-state index in [1.165, 1.54) is 0 Å². The van der Waals surface area contributed by atoms with Gasteiger partial charge in [-0.05, 0) is 19.4 Å². The van der Waals surface area contributed by atoms with Gasteiger partial charge in [0.1, 0.15) is 4.99 Å². The van der Waals surface area contributed by atoms with E-state index in [2.05, 4.69) is 10.2 Å². The van der Waals surface area contributed by atoms with Crippen LogP contribution in [0.1, 0.15) is 18.9 Å². The molecule has 0 bridgehead atoms. The molecule has 1 aliphatic rings. The van der Waals surface area contributed by atoms with Gasteiger partial charge in [0.15, 0.2) is 5.82 Å². The number of nitrogens with two attached hydrogens (primary N) is 2. The minimum absolute atomic E-state index is 0.271. The van der Waals surface area contributed by atoms with Crippen molar-refractivity contribution in [1.29, 1.82) is 0 Å². The van der Waals surface area contributed by atoms with E-state index in [0.717, 1.165) is 0 Å². The van der Waals surface area contributed by atoms with E-state index in [0.29, 0.717) is 30.9 Å². The summed E-state index contributed by atoms with van der Waals surface area (Å²) in [5.74, 6) is 0.320. The summed E-state index contributed by atoms with van der Waals surface area (Å²) < 4.78 is 0. The summed E-state index contributed by atoms with van der Waals surface area (Å²) in [6.07, 6.45) is 2.23. The number of anilines is 1. The van der Waals surface area contributed by atoms with Crippen molar-refractivity contribution in [1.82, 2.24) is 10.2 Å². The Bertz CT molecular complexity index is 506. The maximum atomic E-state index is 11.4. The average molecular weight is 265 g/mol. The van der Waals surface area contributed by atoms with E-state index in [9.17, 15) is 4.79 Å². The topological polar surface area (TPSA) is 98.1 Å². The van der Waals surface area contributed by atoms with E-state index in [1.54, 1.807) is 12.3 Å². The minimum atomic E-state index is -0.537. The second-order valence-corrected chi connectivity index (χ2v) is 5.17. The van der Waals surface area contributed by atoms with E-state index < -0.39 is 5.41 Å². The van der Waals surface area contributed by atoms with Gasteiger partial charge < -0.3 is 16.4 Å². The number of carbonyl (C=O) groups is 1. The van der Waals surface area contributed by atoms with Gasteiger partial charge in [-0.2, -0.15) is 5.10 Å². The first-order chi connectivity index (χ1) is 8.44. The maximum Gasteiger partial charge on any atom is 0.225 e. The first kappa shape index (κ1) is 12.7. The smallest absolute Gasteiger partial charge is 0.225 e. The number of primary amides is 1. The number of amides is 1. The van der Waals surface area contributed by atoms with Crippen molar-refractivity contribution >= 4 is 28.9 Å². The largest absolute Gasteiger partial charge is 0.389 e. The molecule has 1 aromatic rings. The van der Waals surface area contributed by atoms with Crippen LogP contribution in [-0.4, -0.2) is 34.2 Å². The molecule has 1 atom stereocenters. The number of thiocarbonyl (C=S) groups is 1. The molecule has 1 unspecified atom stereocenters. The Hall–Kier alpha value is -1.76. The predicted octanol–water partition coefficient (Wildman–Crippen LogP) is -0.187. The molecule has 0 spiro atoms. The van der Waals surface area contributed by atoms with Crippen LogP contribution in [0.3, 0.4) is 0 Å². The standard InChI is InChI=1S/C11H15N5OS/c1-11(10(13)17)3-5-16(6-11)9-7(8(12)18)2-4-14-15-9/h2,4H,3,5-6H2,1H3,(H2,12,18)(H2,13,17). The molecule has 2 heterocycles. The number of hydrogen-bond donors (Lipinski definition) is 2. The van der Waals surface area contributed by atoms with E-state index in [4.69, 9.17) is 23.7 Å². The second-order valence-electron chi connectivity index (χ2n) is 4.73. The quantitative estimate of drug-likeness (QED) is 0.735. The van der Waals surface area contributed by atoms with Crippen LogP contribution in [-0.2, 0) is 4.79 Å². The average Bonchev–Trinajstić information content (AvgIpc) is 2.73. The highest BCUT2D eigenvalue weighted by Crippen LogP contribution is 2.33. The molecule has 1 saturated heterocycles. The lowest BCUT2D eigenvalue weighted by molar-refractivity contribution is -0.125. The molecule has 0 aliphatic carbocycles. The molecule has 1 amide bonds. The van der Waals surface area contributed by atoms with Gasteiger partial charge >= 0.3 is 0 Å². The van der Waals surface area contributed by atoms with Crippen molar-refractivity contribution in [3.8, 4) is 0 Å². The van der Waals surface area contributed by atoms with Gasteiger partial charge in [-0.25, -0.2) is 0 Å². The lowest BCUT2D eigenvalue weighted by atomic mass is 9.89. The van der Waals surface area contributed by atoms with Crippen LogP contribution in [0.5, 0.6) is 0 Å². The number of carbonyl (C=O) groups excluding carboxylic acids is 1. The Morgan fingerprint density at radius 3 is 2.83 bits per heavy atom. The number of nitrogens with zero attached hydrogens (tertiary/aromatic N) is 3. The van der Waals surface area contributed by atoms with E-state index in [-0.39, 0.29) is 10.9 Å². The van der Waals surface area contributed by atoms with Crippen molar-refractivity contribution < 1.29 is 4.79 Å². The lowest BCUT2D eigenvalue weighted by Crippen LogP contribution is -2.37. The van der Waals surface area contributed by atoms with Crippen LogP contribution < -0.4 is 16.4 Å². The molecule has 1 aromatic heterocycles. The molecule has 0 aromatic carbocycles. The van der Waals surface area contributed by atoms with Crippen LogP contribution in [0.4, 0.5) is 5.82 Å². The Kier molecular flexibility index (Phi) is 3.16. The first-order valence-electron chi connectivity index (χ1n) is 5.60. The van der Waals surface area contributed by atoms with Gasteiger partial charge in [-0.15, -0.1) is 5.10 Å². The zero-order valence-electron chi connectivity index (χ0n) is 10.1. The third kappa shape index (κ3) is 2.13. The van der Waals surface area contributed by atoms with Gasteiger partial charge in [0.05, 0.1) is 17.2 Å². The fourth-order valence-corrected chi connectivity index (χ4v) is 2.25. The number of rotatable bonds is 3. The zero-order valence-corrected chi connectivity index (χ0v) is 10.9. The zero-order chi connectivity index (χ0) is 13.3. The first-order valence-corrected chi connectivity index (χ1v) is 6.01. The summed E-state index contributed by atoms with van der Waals surface area (Å²) in [5.41, 5.74) is 11.2. The van der Waals surface area contributed by atoms with Gasteiger partial charge in [0.25, 0.3) is 0 Å².